The summed E-state index contributed by atoms with van der Waals surface area (Å²) < 4.78 is 10.5. The maximum atomic E-state index is 12.2. The van der Waals surface area contributed by atoms with Crippen molar-refractivity contribution < 1.29 is 14.3 Å². The van der Waals surface area contributed by atoms with Gasteiger partial charge in [-0.1, -0.05) is 6.07 Å². The van der Waals surface area contributed by atoms with Crippen molar-refractivity contribution in [3.8, 4) is 5.75 Å². The number of methoxy groups -OCH3 is 2. The number of benzene rings is 1. The van der Waals surface area contributed by atoms with Crippen LogP contribution in [0.3, 0.4) is 0 Å². The topological polar surface area (TPSA) is 59.6 Å². The Morgan fingerprint density at radius 1 is 1.42 bits per heavy atom. The molecule has 1 heterocycles. The monoisotopic (exact) mass is 264 g/mol. The highest BCUT2D eigenvalue weighted by Gasteiger charge is 2.29. The Hall–Kier alpha value is -1.59. The van der Waals surface area contributed by atoms with Crippen LogP contribution in [0.4, 0.5) is 5.69 Å². The minimum atomic E-state index is -0.213. The maximum absolute atomic E-state index is 12.2. The molecule has 1 saturated heterocycles. The van der Waals surface area contributed by atoms with E-state index in [1.54, 1.807) is 14.2 Å². The van der Waals surface area contributed by atoms with Crippen molar-refractivity contribution in [2.24, 2.45) is 0 Å². The average molecular weight is 264 g/mol. The molecule has 0 bridgehead atoms. The number of carbonyl (C=O) groups is 1. The number of ether oxygens (including phenoxy) is 2. The fourth-order valence-corrected chi connectivity index (χ4v) is 2.22. The Morgan fingerprint density at radius 3 is 2.84 bits per heavy atom. The van der Waals surface area contributed by atoms with E-state index in [0.717, 1.165) is 5.56 Å². The number of hydrogen-bond acceptors (Lipinski definition) is 4. The van der Waals surface area contributed by atoms with Gasteiger partial charge in [0.25, 0.3) is 0 Å². The van der Waals surface area contributed by atoms with E-state index in [0.29, 0.717) is 24.4 Å². The minimum Gasteiger partial charge on any atom is -0.495 e. The van der Waals surface area contributed by atoms with Gasteiger partial charge in [0.05, 0.1) is 24.9 Å². The van der Waals surface area contributed by atoms with Crippen molar-refractivity contribution in [3.63, 3.8) is 0 Å². The molecule has 0 aliphatic carbocycles. The highest BCUT2D eigenvalue weighted by atomic mass is 16.5. The average Bonchev–Trinajstić information content (AvgIpc) is 2.88. The number of aryl methyl sites for hydroxylation is 1. The van der Waals surface area contributed by atoms with Gasteiger partial charge in [0, 0.05) is 13.7 Å². The Labute approximate surface area is 113 Å². The van der Waals surface area contributed by atoms with E-state index in [9.17, 15) is 4.79 Å². The van der Waals surface area contributed by atoms with Crippen LogP contribution in [0, 0.1) is 6.92 Å². The molecule has 0 aromatic heterocycles. The Balaban J connectivity index is 2.05. The highest BCUT2D eigenvalue weighted by molar-refractivity contribution is 5.96. The van der Waals surface area contributed by atoms with Crippen LogP contribution >= 0.6 is 0 Å². The van der Waals surface area contributed by atoms with E-state index in [2.05, 4.69) is 10.6 Å². The van der Waals surface area contributed by atoms with Crippen molar-refractivity contribution in [2.45, 2.75) is 25.5 Å². The molecule has 104 valence electrons. The quantitative estimate of drug-likeness (QED) is 0.861. The number of carbonyl (C=O) groups excluding carboxylic acids is 1. The number of anilines is 1. The van der Waals surface area contributed by atoms with Gasteiger partial charge in [-0.05, 0) is 31.0 Å². The van der Waals surface area contributed by atoms with Gasteiger partial charge in [-0.15, -0.1) is 0 Å². The predicted octanol–water partition coefficient (Wildman–Crippen LogP) is 1.32. The van der Waals surface area contributed by atoms with Gasteiger partial charge in [-0.3, -0.25) is 4.79 Å². The van der Waals surface area contributed by atoms with Gasteiger partial charge < -0.3 is 20.1 Å². The normalized spacial score (nSPS) is 22.3. The lowest BCUT2D eigenvalue weighted by Crippen LogP contribution is -2.35. The first-order valence-corrected chi connectivity index (χ1v) is 6.35. The SMILES string of the molecule is COc1ccc(C)cc1NC(=O)C1CC(OC)CN1. The Kier molecular flexibility index (Phi) is 4.39. The third kappa shape index (κ3) is 3.24. The third-order valence-electron chi connectivity index (χ3n) is 3.35. The standard InChI is InChI=1S/C14H20N2O3/c1-9-4-5-13(19-3)11(6-9)16-14(17)12-7-10(18-2)8-15-12/h4-6,10,12,15H,7-8H2,1-3H3,(H,16,17). The molecular formula is C14H20N2O3. The predicted molar refractivity (Wildman–Crippen MR) is 73.6 cm³/mol. The van der Waals surface area contributed by atoms with Crippen LogP contribution in [0.5, 0.6) is 5.75 Å². The molecule has 1 aromatic rings. The molecule has 2 rings (SSSR count). The van der Waals surface area contributed by atoms with Crippen molar-refractivity contribution in [3.05, 3.63) is 23.8 Å². The molecule has 0 radical (unpaired) electrons. The minimum absolute atomic E-state index is 0.0524. The first-order valence-electron chi connectivity index (χ1n) is 6.35. The zero-order chi connectivity index (χ0) is 13.8. The van der Waals surface area contributed by atoms with Crippen LogP contribution in [0.15, 0.2) is 18.2 Å². The molecule has 0 saturated carbocycles. The molecule has 19 heavy (non-hydrogen) atoms. The van der Waals surface area contributed by atoms with Crippen molar-refractivity contribution in [1.82, 2.24) is 5.32 Å². The van der Waals surface area contributed by atoms with Gasteiger partial charge >= 0.3 is 0 Å². The van der Waals surface area contributed by atoms with Gasteiger partial charge in [0.15, 0.2) is 0 Å². The molecule has 5 nitrogen and oxygen atoms in total. The van der Waals surface area contributed by atoms with Gasteiger partial charge in [-0.25, -0.2) is 0 Å². The summed E-state index contributed by atoms with van der Waals surface area (Å²) in [6.45, 7) is 2.68. The molecule has 1 aliphatic rings. The highest BCUT2D eigenvalue weighted by Crippen LogP contribution is 2.25. The fourth-order valence-electron chi connectivity index (χ4n) is 2.22. The van der Waals surface area contributed by atoms with Crippen molar-refractivity contribution in [2.75, 3.05) is 26.1 Å². The van der Waals surface area contributed by atoms with Crippen LogP contribution in [-0.4, -0.2) is 38.8 Å². The number of hydrogen-bond donors (Lipinski definition) is 2. The number of rotatable bonds is 4. The van der Waals surface area contributed by atoms with Crippen LogP contribution in [0.1, 0.15) is 12.0 Å². The van der Waals surface area contributed by atoms with Gasteiger partial charge in [0.1, 0.15) is 5.75 Å². The molecular weight excluding hydrogens is 244 g/mol. The maximum Gasteiger partial charge on any atom is 0.241 e. The van der Waals surface area contributed by atoms with E-state index in [4.69, 9.17) is 9.47 Å². The van der Waals surface area contributed by atoms with Crippen molar-refractivity contribution in [1.29, 1.82) is 0 Å². The molecule has 2 N–H and O–H groups in total. The lowest BCUT2D eigenvalue weighted by atomic mass is 10.1. The summed E-state index contributed by atoms with van der Waals surface area (Å²) in [5, 5.41) is 6.06. The van der Waals surface area contributed by atoms with E-state index in [1.807, 2.05) is 25.1 Å². The second kappa shape index (κ2) is 6.04. The molecule has 1 fully saturated rings. The number of nitrogens with one attached hydrogen (secondary N) is 2. The van der Waals surface area contributed by atoms with E-state index < -0.39 is 0 Å². The zero-order valence-electron chi connectivity index (χ0n) is 11.5. The van der Waals surface area contributed by atoms with Crippen molar-refractivity contribution >= 4 is 11.6 Å². The fraction of sp³-hybridized carbons (Fsp3) is 0.500. The summed E-state index contributed by atoms with van der Waals surface area (Å²) in [7, 11) is 3.26. The summed E-state index contributed by atoms with van der Waals surface area (Å²) in [4.78, 5) is 12.2. The number of amides is 1. The van der Waals surface area contributed by atoms with Crippen LogP contribution < -0.4 is 15.4 Å². The second-order valence-electron chi connectivity index (χ2n) is 4.75. The second-order valence-corrected chi connectivity index (χ2v) is 4.75. The summed E-state index contributed by atoms with van der Waals surface area (Å²) in [6, 6.07) is 5.49. The first-order chi connectivity index (χ1) is 9.13. The largest absolute Gasteiger partial charge is 0.495 e. The molecule has 1 amide bonds. The first kappa shape index (κ1) is 13.8. The zero-order valence-corrected chi connectivity index (χ0v) is 11.5. The molecule has 5 heteroatoms. The van der Waals surface area contributed by atoms with Crippen LogP contribution in [0.2, 0.25) is 0 Å². The van der Waals surface area contributed by atoms with E-state index >= 15 is 0 Å². The Bertz CT molecular complexity index is 462. The third-order valence-corrected chi connectivity index (χ3v) is 3.35. The van der Waals surface area contributed by atoms with E-state index in [1.165, 1.54) is 0 Å². The molecule has 2 unspecified atom stereocenters. The van der Waals surface area contributed by atoms with E-state index in [-0.39, 0.29) is 18.1 Å². The lowest BCUT2D eigenvalue weighted by Gasteiger charge is -2.14. The molecule has 1 aromatic carbocycles. The summed E-state index contributed by atoms with van der Waals surface area (Å²) in [5.41, 5.74) is 1.78. The summed E-state index contributed by atoms with van der Waals surface area (Å²) >= 11 is 0. The Morgan fingerprint density at radius 2 is 2.21 bits per heavy atom. The molecule has 2 atom stereocenters. The smallest absolute Gasteiger partial charge is 0.241 e. The van der Waals surface area contributed by atoms with Gasteiger partial charge in [0.2, 0.25) is 5.91 Å². The molecule has 0 spiro atoms. The summed E-state index contributed by atoms with van der Waals surface area (Å²) in [6.07, 6.45) is 0.798. The van der Waals surface area contributed by atoms with Gasteiger partial charge in [-0.2, -0.15) is 0 Å². The van der Waals surface area contributed by atoms with Crippen LogP contribution in [0.25, 0.3) is 0 Å². The van der Waals surface area contributed by atoms with Crippen LogP contribution in [-0.2, 0) is 9.53 Å². The summed E-state index contributed by atoms with van der Waals surface area (Å²) in [5.74, 6) is 0.615. The lowest BCUT2D eigenvalue weighted by molar-refractivity contribution is -0.118. The molecule has 1 aliphatic heterocycles.